The van der Waals surface area contributed by atoms with Crippen LogP contribution in [-0.4, -0.2) is 54.3 Å². The van der Waals surface area contributed by atoms with Gasteiger partial charge in [0, 0.05) is 19.4 Å². The van der Waals surface area contributed by atoms with Gasteiger partial charge in [0.2, 0.25) is 5.91 Å². The molecule has 0 aromatic heterocycles. The molecule has 0 radical (unpaired) electrons. The summed E-state index contributed by atoms with van der Waals surface area (Å²) >= 11 is 0. The lowest BCUT2D eigenvalue weighted by atomic mass is 10.1. The first kappa shape index (κ1) is 51.0. The lowest BCUT2D eigenvalue weighted by Gasteiger charge is -2.15. The zero-order chi connectivity index (χ0) is 38.9. The Morgan fingerprint density at radius 1 is 0.585 bits per heavy atom. The largest absolute Gasteiger partial charge is 0.472 e. The molecule has 0 bridgehead atoms. The Kier molecular flexibility index (Phi) is 38.1. The predicted octanol–water partition coefficient (Wildman–Crippen LogP) is 11.5. The third-order valence-corrected chi connectivity index (χ3v) is 9.72. The number of phosphoric ester groups is 1. The van der Waals surface area contributed by atoms with Crippen LogP contribution in [0.15, 0.2) is 48.6 Å². The van der Waals surface area contributed by atoms with E-state index in [9.17, 15) is 24.2 Å². The van der Waals surface area contributed by atoms with Gasteiger partial charge in [0.05, 0.1) is 13.2 Å². The Morgan fingerprint density at radius 2 is 1.04 bits per heavy atom. The minimum atomic E-state index is -4.42. The van der Waals surface area contributed by atoms with E-state index in [1.165, 1.54) is 70.6 Å². The maximum atomic E-state index is 12.1. The average Bonchev–Trinajstić information content (AvgIpc) is 3.14. The van der Waals surface area contributed by atoms with Crippen molar-refractivity contribution in [2.45, 2.75) is 187 Å². The molecule has 53 heavy (non-hydrogen) atoms. The number of nitrogens with one attached hydrogen (secondary N) is 1. The Balaban J connectivity index is 3.64. The maximum Gasteiger partial charge on any atom is 0.472 e. The second kappa shape index (κ2) is 39.7. The van der Waals surface area contributed by atoms with E-state index in [4.69, 9.17) is 13.8 Å². The summed E-state index contributed by atoms with van der Waals surface area (Å²) in [6, 6.07) is 0. The molecule has 0 spiro atoms. The molecule has 0 aliphatic rings. The number of rotatable bonds is 39. The molecule has 2 atom stereocenters. The second-order valence-corrected chi connectivity index (χ2v) is 15.4. The number of unbranched alkanes of at least 4 members (excludes halogenated alkanes) is 18. The number of hydrogen-bond acceptors (Lipinski definition) is 7. The van der Waals surface area contributed by atoms with Gasteiger partial charge in [-0.3, -0.25) is 18.6 Å². The third kappa shape index (κ3) is 41.0. The van der Waals surface area contributed by atoms with Crippen LogP contribution in [-0.2, 0) is 27.9 Å². The van der Waals surface area contributed by atoms with Crippen molar-refractivity contribution in [1.82, 2.24) is 5.32 Å². The molecule has 10 heteroatoms. The van der Waals surface area contributed by atoms with Gasteiger partial charge in [-0.1, -0.05) is 146 Å². The van der Waals surface area contributed by atoms with Crippen LogP contribution >= 0.6 is 7.82 Å². The first-order valence-electron chi connectivity index (χ1n) is 21.1. The Bertz CT molecular complexity index is 1010. The summed E-state index contributed by atoms with van der Waals surface area (Å²) in [5.41, 5.74) is 0. The normalized spacial score (nSPS) is 13.8. The summed E-state index contributed by atoms with van der Waals surface area (Å²) in [6.07, 6.45) is 44.6. The van der Waals surface area contributed by atoms with Crippen molar-refractivity contribution in [2.75, 3.05) is 26.4 Å². The second-order valence-electron chi connectivity index (χ2n) is 14.0. The van der Waals surface area contributed by atoms with Crippen molar-refractivity contribution in [3.8, 4) is 0 Å². The molecule has 0 aromatic rings. The molecule has 0 aromatic carbocycles. The van der Waals surface area contributed by atoms with E-state index < -0.39 is 26.5 Å². The van der Waals surface area contributed by atoms with E-state index in [-0.39, 0.29) is 32.1 Å². The van der Waals surface area contributed by atoms with Crippen molar-refractivity contribution in [3.63, 3.8) is 0 Å². The number of esters is 1. The fraction of sp³-hybridized carbons (Fsp3) is 0.767. The van der Waals surface area contributed by atoms with E-state index in [0.717, 1.165) is 83.5 Å². The quantitative estimate of drug-likeness (QED) is 0.0244. The van der Waals surface area contributed by atoms with Crippen LogP contribution in [0, 0.1) is 0 Å². The highest BCUT2D eigenvalue weighted by atomic mass is 31.2. The summed E-state index contributed by atoms with van der Waals surface area (Å²) < 4.78 is 26.8. The standard InChI is InChI=1S/C43H78NO8P/c1-3-5-7-9-11-13-15-17-19-20-21-22-23-25-27-29-31-33-35-42(46)44-37-38-51-53(48,49)52-40-41(45)39-50-43(47)36-34-32-30-28-26-24-18-16-14-12-10-8-6-4-2/h10,12-13,15-16,18-20,41,45H,3-9,11,14,17,21-40H2,1-2H3,(H,44,46)(H,48,49)/b12-10-,15-13-,18-16-,20-19-. The number of phosphoric acid groups is 1. The summed E-state index contributed by atoms with van der Waals surface area (Å²) in [5, 5.41) is 12.7. The van der Waals surface area contributed by atoms with E-state index in [0.29, 0.717) is 6.42 Å². The number of aliphatic hydroxyl groups is 1. The number of ether oxygens (including phenoxy) is 1. The number of carbonyl (C=O) groups is 2. The zero-order valence-electron chi connectivity index (χ0n) is 33.7. The van der Waals surface area contributed by atoms with Gasteiger partial charge in [0.1, 0.15) is 12.7 Å². The molecule has 0 aliphatic carbocycles. The number of hydrogen-bond donors (Lipinski definition) is 3. The molecule has 3 N–H and O–H groups in total. The third-order valence-electron chi connectivity index (χ3n) is 8.73. The molecule has 0 rings (SSSR count). The maximum absolute atomic E-state index is 12.1. The molecule has 0 aliphatic heterocycles. The summed E-state index contributed by atoms with van der Waals surface area (Å²) in [5.74, 6) is -0.540. The van der Waals surface area contributed by atoms with Gasteiger partial charge >= 0.3 is 13.8 Å². The Labute approximate surface area is 324 Å². The Morgan fingerprint density at radius 3 is 1.57 bits per heavy atom. The molecule has 2 unspecified atom stereocenters. The van der Waals surface area contributed by atoms with Crippen molar-refractivity contribution in [2.24, 2.45) is 0 Å². The molecule has 0 saturated heterocycles. The van der Waals surface area contributed by atoms with Crippen LogP contribution in [0.25, 0.3) is 0 Å². The predicted molar refractivity (Wildman–Crippen MR) is 220 cm³/mol. The van der Waals surface area contributed by atoms with E-state index >= 15 is 0 Å². The summed E-state index contributed by atoms with van der Waals surface area (Å²) in [7, 11) is -4.42. The fourth-order valence-corrected chi connectivity index (χ4v) is 6.24. The van der Waals surface area contributed by atoms with Gasteiger partial charge in [-0.15, -0.1) is 0 Å². The molecule has 0 fully saturated rings. The van der Waals surface area contributed by atoms with Gasteiger partial charge < -0.3 is 20.1 Å². The Hall–Kier alpha value is -2.03. The average molecular weight is 768 g/mol. The van der Waals surface area contributed by atoms with Crippen LogP contribution in [0.2, 0.25) is 0 Å². The highest BCUT2D eigenvalue weighted by Crippen LogP contribution is 2.42. The highest BCUT2D eigenvalue weighted by molar-refractivity contribution is 7.47. The lowest BCUT2D eigenvalue weighted by molar-refractivity contribution is -0.147. The molecular formula is C43H78NO8P. The van der Waals surface area contributed by atoms with Crippen LogP contribution in [0.1, 0.15) is 181 Å². The van der Waals surface area contributed by atoms with E-state index in [2.05, 4.69) is 67.8 Å². The molecule has 1 amide bonds. The first-order valence-corrected chi connectivity index (χ1v) is 22.6. The van der Waals surface area contributed by atoms with Crippen LogP contribution in [0.3, 0.4) is 0 Å². The summed E-state index contributed by atoms with van der Waals surface area (Å²) in [4.78, 5) is 33.9. The SMILES string of the molecule is CCCC/C=C\C/C=C\CCCCCCCC(=O)OCC(O)COP(=O)(O)OCCNC(=O)CCCCCCCCC/C=C\C/C=C\CCCCCC. The molecule has 308 valence electrons. The zero-order valence-corrected chi connectivity index (χ0v) is 34.6. The minimum Gasteiger partial charge on any atom is -0.463 e. The highest BCUT2D eigenvalue weighted by Gasteiger charge is 2.23. The van der Waals surface area contributed by atoms with E-state index in [1.807, 2.05) is 0 Å². The number of allylic oxidation sites excluding steroid dienone is 8. The van der Waals surface area contributed by atoms with Crippen molar-refractivity contribution in [1.29, 1.82) is 0 Å². The van der Waals surface area contributed by atoms with E-state index in [1.54, 1.807) is 0 Å². The van der Waals surface area contributed by atoms with Crippen LogP contribution < -0.4 is 5.32 Å². The van der Waals surface area contributed by atoms with Crippen molar-refractivity contribution in [3.05, 3.63) is 48.6 Å². The van der Waals surface area contributed by atoms with Crippen LogP contribution in [0.5, 0.6) is 0 Å². The number of amides is 1. The number of aliphatic hydroxyl groups excluding tert-OH is 1. The van der Waals surface area contributed by atoms with Gasteiger partial charge in [-0.2, -0.15) is 0 Å². The minimum absolute atomic E-state index is 0.0742. The first-order chi connectivity index (χ1) is 25.8. The van der Waals surface area contributed by atoms with Gasteiger partial charge in [-0.25, -0.2) is 4.57 Å². The monoisotopic (exact) mass is 768 g/mol. The smallest absolute Gasteiger partial charge is 0.463 e. The van der Waals surface area contributed by atoms with Gasteiger partial charge in [0.25, 0.3) is 0 Å². The van der Waals surface area contributed by atoms with Gasteiger partial charge in [0.15, 0.2) is 0 Å². The molecule has 0 heterocycles. The van der Waals surface area contributed by atoms with Gasteiger partial charge in [-0.05, 0) is 70.6 Å². The molecular weight excluding hydrogens is 689 g/mol. The number of carbonyl (C=O) groups excluding carboxylic acids is 2. The van der Waals surface area contributed by atoms with Crippen molar-refractivity contribution < 1.29 is 37.9 Å². The van der Waals surface area contributed by atoms with Crippen molar-refractivity contribution >= 4 is 19.7 Å². The molecule has 0 saturated carbocycles. The fourth-order valence-electron chi connectivity index (χ4n) is 5.48. The molecule has 9 nitrogen and oxygen atoms in total. The topological polar surface area (TPSA) is 131 Å². The lowest BCUT2D eigenvalue weighted by Crippen LogP contribution is -2.27. The van der Waals surface area contributed by atoms with Crippen LogP contribution in [0.4, 0.5) is 0 Å². The summed E-state index contributed by atoms with van der Waals surface area (Å²) in [6.45, 7) is 3.46.